The Kier molecular flexibility index (Phi) is 4.51. The molecule has 24 heavy (non-hydrogen) atoms. The van der Waals surface area contributed by atoms with E-state index in [1.807, 2.05) is 49.4 Å². The lowest BCUT2D eigenvalue weighted by atomic mass is 10.2. The van der Waals surface area contributed by atoms with Crippen LogP contribution in [0.4, 0.5) is 5.69 Å². The fraction of sp³-hybridized carbons (Fsp3) is 0.176. The molecule has 0 radical (unpaired) electrons. The molecule has 0 unspecified atom stereocenters. The molecule has 0 fully saturated rings. The number of anilines is 1. The molecular weight excluding hydrogens is 306 g/mol. The number of benzene rings is 2. The lowest BCUT2D eigenvalue weighted by Crippen LogP contribution is -2.20. The summed E-state index contributed by atoms with van der Waals surface area (Å²) >= 11 is 0. The number of aryl methyl sites for hydroxylation is 2. The van der Waals surface area contributed by atoms with Gasteiger partial charge in [-0.25, -0.2) is 4.68 Å². The van der Waals surface area contributed by atoms with E-state index in [-0.39, 0.29) is 12.5 Å². The Morgan fingerprint density at radius 2 is 2.04 bits per heavy atom. The summed E-state index contributed by atoms with van der Waals surface area (Å²) in [5.74, 6) is 1.07. The highest BCUT2D eigenvalue weighted by molar-refractivity contribution is 5.92. The van der Waals surface area contributed by atoms with E-state index < -0.39 is 0 Å². The summed E-state index contributed by atoms with van der Waals surface area (Å²) in [6.07, 6.45) is 0. The van der Waals surface area contributed by atoms with Gasteiger partial charge in [-0.05, 0) is 47.2 Å². The first-order chi connectivity index (χ1) is 11.6. The summed E-state index contributed by atoms with van der Waals surface area (Å²) in [7, 11) is 1.76. The average molecular weight is 323 g/mol. The number of rotatable bonds is 5. The molecule has 122 valence electrons. The molecule has 3 aromatic rings. The van der Waals surface area contributed by atoms with Crippen molar-refractivity contribution < 1.29 is 9.53 Å². The second kappa shape index (κ2) is 6.91. The number of amides is 1. The Morgan fingerprint density at radius 3 is 2.79 bits per heavy atom. The van der Waals surface area contributed by atoms with Gasteiger partial charge in [0.2, 0.25) is 0 Å². The van der Waals surface area contributed by atoms with E-state index in [9.17, 15) is 4.79 Å². The molecule has 2 aromatic carbocycles. The van der Waals surface area contributed by atoms with Gasteiger partial charge in [-0.1, -0.05) is 24.3 Å². The van der Waals surface area contributed by atoms with Crippen LogP contribution in [-0.4, -0.2) is 32.7 Å². The van der Waals surface area contributed by atoms with Gasteiger partial charge in [-0.3, -0.25) is 4.79 Å². The van der Waals surface area contributed by atoms with Gasteiger partial charge in [0, 0.05) is 18.3 Å². The monoisotopic (exact) mass is 323 g/mol. The zero-order chi connectivity index (χ0) is 16.9. The number of tetrazole rings is 1. The van der Waals surface area contributed by atoms with Crippen molar-refractivity contribution in [2.75, 3.05) is 11.9 Å². The van der Waals surface area contributed by atoms with E-state index in [4.69, 9.17) is 4.74 Å². The first-order valence-corrected chi connectivity index (χ1v) is 7.44. The average Bonchev–Trinajstić information content (AvgIpc) is 2.99. The fourth-order valence-corrected chi connectivity index (χ4v) is 2.26. The number of hydrogen-bond donors (Lipinski definition) is 1. The largest absolute Gasteiger partial charge is 0.484 e. The summed E-state index contributed by atoms with van der Waals surface area (Å²) in [6.45, 7) is 1.92. The minimum absolute atomic E-state index is 0.0564. The number of aromatic nitrogens is 4. The van der Waals surface area contributed by atoms with Gasteiger partial charge in [-0.15, -0.1) is 5.10 Å². The van der Waals surface area contributed by atoms with Gasteiger partial charge in [-0.2, -0.15) is 0 Å². The van der Waals surface area contributed by atoms with Gasteiger partial charge in [0.1, 0.15) is 5.75 Å². The molecule has 0 saturated carbocycles. The smallest absolute Gasteiger partial charge is 0.262 e. The zero-order valence-electron chi connectivity index (χ0n) is 13.4. The van der Waals surface area contributed by atoms with Crippen LogP contribution >= 0.6 is 0 Å². The molecular formula is C17H17N5O2. The SMILES string of the molecule is Cc1cccc(OCC(=O)Nc2cccc(-c3nnnn3C)c2)c1. The number of hydrogen-bond acceptors (Lipinski definition) is 5. The second-order valence-electron chi connectivity index (χ2n) is 5.36. The van der Waals surface area contributed by atoms with Gasteiger partial charge in [0.15, 0.2) is 12.4 Å². The Balaban J connectivity index is 1.63. The predicted octanol–water partition coefficient (Wildman–Crippen LogP) is 2.20. The minimum Gasteiger partial charge on any atom is -0.484 e. The van der Waals surface area contributed by atoms with Crippen molar-refractivity contribution in [1.29, 1.82) is 0 Å². The summed E-state index contributed by atoms with van der Waals surface area (Å²) < 4.78 is 7.07. The van der Waals surface area contributed by atoms with E-state index in [2.05, 4.69) is 20.8 Å². The fourth-order valence-electron chi connectivity index (χ4n) is 2.26. The standard InChI is InChI=1S/C17H17N5O2/c1-12-5-3-8-15(9-12)24-11-16(23)18-14-7-4-6-13(10-14)17-19-20-21-22(17)2/h3-10H,11H2,1-2H3,(H,18,23). The lowest BCUT2D eigenvalue weighted by molar-refractivity contribution is -0.118. The number of nitrogens with zero attached hydrogens (tertiary/aromatic N) is 4. The molecule has 0 aliphatic heterocycles. The summed E-state index contributed by atoms with van der Waals surface area (Å²) in [6, 6.07) is 14.9. The van der Waals surface area contributed by atoms with Crippen molar-refractivity contribution in [2.45, 2.75) is 6.92 Å². The third-order valence-corrected chi connectivity index (χ3v) is 3.38. The van der Waals surface area contributed by atoms with E-state index in [1.165, 1.54) is 0 Å². The molecule has 7 nitrogen and oxygen atoms in total. The molecule has 1 heterocycles. The summed E-state index contributed by atoms with van der Waals surface area (Å²) in [5, 5.41) is 14.2. The number of ether oxygens (including phenoxy) is 1. The van der Waals surface area contributed by atoms with E-state index >= 15 is 0 Å². The van der Waals surface area contributed by atoms with Crippen LogP contribution in [0.3, 0.4) is 0 Å². The third kappa shape index (κ3) is 3.75. The Hall–Kier alpha value is -3.22. The predicted molar refractivity (Wildman–Crippen MR) is 89.5 cm³/mol. The van der Waals surface area contributed by atoms with Crippen LogP contribution < -0.4 is 10.1 Å². The molecule has 7 heteroatoms. The highest BCUT2D eigenvalue weighted by Crippen LogP contribution is 2.19. The van der Waals surface area contributed by atoms with Crippen LogP contribution in [0, 0.1) is 6.92 Å². The summed E-state index contributed by atoms with van der Waals surface area (Å²) in [4.78, 5) is 12.1. The molecule has 0 aliphatic rings. The molecule has 0 bridgehead atoms. The molecule has 1 amide bonds. The maximum Gasteiger partial charge on any atom is 0.262 e. The maximum atomic E-state index is 12.1. The highest BCUT2D eigenvalue weighted by Gasteiger charge is 2.08. The topological polar surface area (TPSA) is 81.9 Å². The Bertz CT molecular complexity index is 859. The van der Waals surface area contributed by atoms with Crippen molar-refractivity contribution in [2.24, 2.45) is 7.05 Å². The molecule has 0 spiro atoms. The van der Waals surface area contributed by atoms with Gasteiger partial charge >= 0.3 is 0 Å². The van der Waals surface area contributed by atoms with Crippen LogP contribution in [0.2, 0.25) is 0 Å². The van der Waals surface area contributed by atoms with Crippen molar-refractivity contribution in [3.05, 3.63) is 54.1 Å². The lowest BCUT2D eigenvalue weighted by Gasteiger charge is -2.09. The van der Waals surface area contributed by atoms with E-state index in [0.29, 0.717) is 17.3 Å². The first kappa shape index (κ1) is 15.7. The minimum atomic E-state index is -0.232. The van der Waals surface area contributed by atoms with Crippen molar-refractivity contribution in [3.8, 4) is 17.1 Å². The first-order valence-electron chi connectivity index (χ1n) is 7.44. The molecule has 3 rings (SSSR count). The third-order valence-electron chi connectivity index (χ3n) is 3.38. The number of carbonyl (C=O) groups excluding carboxylic acids is 1. The number of carbonyl (C=O) groups is 1. The molecule has 0 aliphatic carbocycles. The molecule has 0 atom stereocenters. The number of nitrogens with one attached hydrogen (secondary N) is 1. The highest BCUT2D eigenvalue weighted by atomic mass is 16.5. The van der Waals surface area contributed by atoms with E-state index in [0.717, 1.165) is 11.1 Å². The van der Waals surface area contributed by atoms with Crippen LogP contribution in [-0.2, 0) is 11.8 Å². The Labute approximate surface area is 139 Å². The van der Waals surface area contributed by atoms with Crippen molar-refractivity contribution >= 4 is 11.6 Å². The van der Waals surface area contributed by atoms with Crippen molar-refractivity contribution in [1.82, 2.24) is 20.2 Å². The van der Waals surface area contributed by atoms with Gasteiger partial charge in [0.25, 0.3) is 5.91 Å². The van der Waals surface area contributed by atoms with Gasteiger partial charge in [0.05, 0.1) is 0 Å². The molecule has 1 N–H and O–H groups in total. The zero-order valence-corrected chi connectivity index (χ0v) is 13.4. The van der Waals surface area contributed by atoms with Gasteiger partial charge < -0.3 is 10.1 Å². The maximum absolute atomic E-state index is 12.1. The van der Waals surface area contributed by atoms with Crippen molar-refractivity contribution in [3.63, 3.8) is 0 Å². The van der Waals surface area contributed by atoms with Crippen LogP contribution in [0.25, 0.3) is 11.4 Å². The quantitative estimate of drug-likeness (QED) is 0.778. The summed E-state index contributed by atoms with van der Waals surface area (Å²) in [5.41, 5.74) is 2.56. The van der Waals surface area contributed by atoms with Crippen LogP contribution in [0.1, 0.15) is 5.56 Å². The second-order valence-corrected chi connectivity index (χ2v) is 5.36. The molecule has 1 aromatic heterocycles. The Morgan fingerprint density at radius 1 is 1.21 bits per heavy atom. The van der Waals surface area contributed by atoms with Crippen LogP contribution in [0.15, 0.2) is 48.5 Å². The van der Waals surface area contributed by atoms with Crippen LogP contribution in [0.5, 0.6) is 5.75 Å². The van der Waals surface area contributed by atoms with E-state index in [1.54, 1.807) is 17.8 Å². The normalized spacial score (nSPS) is 10.4. The molecule has 0 saturated heterocycles.